The summed E-state index contributed by atoms with van der Waals surface area (Å²) in [6, 6.07) is 11.6. The second-order valence-corrected chi connectivity index (χ2v) is 8.12. The average molecular weight is 411 g/mol. The summed E-state index contributed by atoms with van der Waals surface area (Å²) in [5.41, 5.74) is 1.20. The maximum atomic E-state index is 12.7. The van der Waals surface area contributed by atoms with Crippen molar-refractivity contribution in [1.82, 2.24) is 4.31 Å². The molecular formula is C19H23ClN2O4S. The number of ether oxygens (including phenoxy) is 1. The first-order valence-corrected chi connectivity index (χ1v) is 10.4. The molecule has 0 aliphatic heterocycles. The summed E-state index contributed by atoms with van der Waals surface area (Å²) in [5.74, 6) is 0.455. The lowest BCUT2D eigenvalue weighted by Crippen LogP contribution is -2.30. The molecule has 0 unspecified atom stereocenters. The Morgan fingerprint density at radius 1 is 1.11 bits per heavy atom. The van der Waals surface area contributed by atoms with Crippen LogP contribution in [0.1, 0.15) is 19.4 Å². The molecule has 0 saturated carbocycles. The molecule has 0 radical (unpaired) electrons. The Kier molecular flexibility index (Phi) is 7.24. The van der Waals surface area contributed by atoms with Gasteiger partial charge < -0.3 is 10.1 Å². The Morgan fingerprint density at radius 2 is 1.74 bits per heavy atom. The molecule has 2 aromatic rings. The molecule has 0 aromatic heterocycles. The van der Waals surface area contributed by atoms with Crippen LogP contribution in [0.4, 0.5) is 5.69 Å². The molecule has 0 aliphatic carbocycles. The first-order chi connectivity index (χ1) is 12.8. The number of hydrogen-bond acceptors (Lipinski definition) is 4. The van der Waals surface area contributed by atoms with Crippen molar-refractivity contribution in [2.24, 2.45) is 0 Å². The summed E-state index contributed by atoms with van der Waals surface area (Å²) in [6.07, 6.45) is 0.157. The third-order valence-corrected chi connectivity index (χ3v) is 6.59. The third kappa shape index (κ3) is 5.22. The van der Waals surface area contributed by atoms with E-state index in [1.54, 1.807) is 51.3 Å². The van der Waals surface area contributed by atoms with Crippen LogP contribution in [0, 0.1) is 0 Å². The van der Waals surface area contributed by atoms with E-state index in [0.717, 1.165) is 5.56 Å². The molecule has 0 saturated heterocycles. The lowest BCUT2D eigenvalue weighted by atomic mass is 10.1. The van der Waals surface area contributed by atoms with Crippen LogP contribution in [-0.2, 0) is 21.2 Å². The number of carbonyl (C=O) groups excluding carboxylic acids is 1. The molecule has 1 N–H and O–H groups in total. The maximum absolute atomic E-state index is 12.7. The normalized spacial score (nSPS) is 11.4. The molecule has 2 rings (SSSR count). The number of rotatable bonds is 8. The van der Waals surface area contributed by atoms with Gasteiger partial charge in [0.25, 0.3) is 0 Å². The van der Waals surface area contributed by atoms with Crippen molar-refractivity contribution >= 4 is 33.2 Å². The van der Waals surface area contributed by atoms with Crippen LogP contribution in [0.25, 0.3) is 0 Å². The van der Waals surface area contributed by atoms with Gasteiger partial charge in [0, 0.05) is 18.8 Å². The van der Waals surface area contributed by atoms with Crippen LogP contribution in [0.15, 0.2) is 47.4 Å². The molecule has 1 amide bonds. The lowest BCUT2D eigenvalue weighted by molar-refractivity contribution is -0.115. The Labute approximate surface area is 165 Å². The smallest absolute Gasteiger partial charge is 0.244 e. The van der Waals surface area contributed by atoms with Crippen LogP contribution in [-0.4, -0.2) is 38.8 Å². The molecule has 0 atom stereocenters. The van der Waals surface area contributed by atoms with Gasteiger partial charge in [-0.05, 0) is 35.9 Å². The van der Waals surface area contributed by atoms with Gasteiger partial charge in [0.15, 0.2) is 0 Å². The molecule has 2 aromatic carbocycles. The van der Waals surface area contributed by atoms with Crippen LogP contribution in [0.5, 0.6) is 5.75 Å². The lowest BCUT2D eigenvalue weighted by Gasteiger charge is -2.19. The van der Waals surface area contributed by atoms with E-state index in [-0.39, 0.29) is 22.2 Å². The van der Waals surface area contributed by atoms with E-state index < -0.39 is 10.0 Å². The third-order valence-electron chi connectivity index (χ3n) is 4.06. The van der Waals surface area contributed by atoms with Crippen molar-refractivity contribution in [3.63, 3.8) is 0 Å². The largest absolute Gasteiger partial charge is 0.497 e. The predicted molar refractivity (Wildman–Crippen MR) is 107 cm³/mol. The molecule has 0 fully saturated rings. The molecule has 27 heavy (non-hydrogen) atoms. The number of benzene rings is 2. The standard InChI is InChI=1S/C19H23ClN2O4S/c1-4-22(5-2)27(24,25)18-13-15(8-11-17(18)20)21-19(23)12-14-6-9-16(26-3)10-7-14/h6-11,13H,4-5,12H2,1-3H3,(H,21,23). The van der Waals surface area contributed by atoms with E-state index in [9.17, 15) is 13.2 Å². The van der Waals surface area contributed by atoms with Gasteiger partial charge >= 0.3 is 0 Å². The van der Waals surface area contributed by atoms with E-state index in [0.29, 0.717) is 24.5 Å². The Bertz CT molecular complexity index is 894. The number of hydrogen-bond donors (Lipinski definition) is 1. The van der Waals surface area contributed by atoms with Crippen molar-refractivity contribution in [3.8, 4) is 5.75 Å². The number of halogens is 1. The summed E-state index contributed by atoms with van der Waals surface area (Å²) >= 11 is 6.10. The molecule has 6 nitrogen and oxygen atoms in total. The molecule has 146 valence electrons. The van der Waals surface area contributed by atoms with E-state index in [1.165, 1.54) is 16.4 Å². The van der Waals surface area contributed by atoms with Crippen LogP contribution >= 0.6 is 11.6 Å². The number of anilines is 1. The zero-order chi connectivity index (χ0) is 20.0. The highest BCUT2D eigenvalue weighted by Crippen LogP contribution is 2.28. The Balaban J connectivity index is 2.18. The summed E-state index contributed by atoms with van der Waals surface area (Å²) in [5, 5.41) is 2.84. The van der Waals surface area contributed by atoms with Crippen molar-refractivity contribution in [2.45, 2.75) is 25.2 Å². The molecular weight excluding hydrogens is 388 g/mol. The highest BCUT2D eigenvalue weighted by molar-refractivity contribution is 7.89. The summed E-state index contributed by atoms with van der Waals surface area (Å²) < 4.78 is 31.8. The molecule has 0 bridgehead atoms. The highest BCUT2D eigenvalue weighted by Gasteiger charge is 2.24. The van der Waals surface area contributed by atoms with E-state index in [2.05, 4.69) is 5.32 Å². The number of nitrogens with one attached hydrogen (secondary N) is 1. The molecule has 0 aliphatic rings. The minimum Gasteiger partial charge on any atom is -0.497 e. The first-order valence-electron chi connectivity index (χ1n) is 8.54. The topological polar surface area (TPSA) is 75.7 Å². The summed E-state index contributed by atoms with van der Waals surface area (Å²) in [4.78, 5) is 12.3. The zero-order valence-electron chi connectivity index (χ0n) is 15.5. The van der Waals surface area contributed by atoms with Gasteiger partial charge in [-0.25, -0.2) is 8.42 Å². The SMILES string of the molecule is CCN(CC)S(=O)(=O)c1cc(NC(=O)Cc2ccc(OC)cc2)ccc1Cl. The number of methoxy groups -OCH3 is 1. The number of carbonyl (C=O) groups is 1. The monoisotopic (exact) mass is 410 g/mol. The molecule has 0 heterocycles. The predicted octanol–water partition coefficient (Wildman–Crippen LogP) is 3.56. The van der Waals surface area contributed by atoms with Gasteiger partial charge in [-0.1, -0.05) is 37.6 Å². The fourth-order valence-electron chi connectivity index (χ4n) is 2.62. The van der Waals surface area contributed by atoms with Gasteiger partial charge in [0.05, 0.1) is 18.6 Å². The minimum absolute atomic E-state index is 0.0184. The van der Waals surface area contributed by atoms with Crippen molar-refractivity contribution in [3.05, 3.63) is 53.1 Å². The fraction of sp³-hybridized carbons (Fsp3) is 0.316. The Hall–Kier alpha value is -2.09. The zero-order valence-corrected chi connectivity index (χ0v) is 17.1. The van der Waals surface area contributed by atoms with Gasteiger partial charge in [-0.2, -0.15) is 4.31 Å². The quantitative estimate of drug-likeness (QED) is 0.721. The summed E-state index contributed by atoms with van der Waals surface area (Å²) in [7, 11) is -2.15. The number of amides is 1. The number of sulfonamides is 1. The first kappa shape index (κ1) is 21.2. The second-order valence-electron chi connectivity index (χ2n) is 5.81. The van der Waals surface area contributed by atoms with Crippen molar-refractivity contribution in [1.29, 1.82) is 0 Å². The molecule has 0 spiro atoms. The van der Waals surface area contributed by atoms with Gasteiger partial charge in [0.2, 0.25) is 15.9 Å². The van der Waals surface area contributed by atoms with Crippen molar-refractivity contribution in [2.75, 3.05) is 25.5 Å². The van der Waals surface area contributed by atoms with Gasteiger partial charge in [0.1, 0.15) is 10.6 Å². The minimum atomic E-state index is -3.72. The van der Waals surface area contributed by atoms with Crippen LogP contribution < -0.4 is 10.1 Å². The van der Waals surface area contributed by atoms with E-state index >= 15 is 0 Å². The van der Waals surface area contributed by atoms with Crippen LogP contribution in [0.2, 0.25) is 5.02 Å². The van der Waals surface area contributed by atoms with E-state index in [4.69, 9.17) is 16.3 Å². The maximum Gasteiger partial charge on any atom is 0.244 e. The Morgan fingerprint density at radius 3 is 2.30 bits per heavy atom. The van der Waals surface area contributed by atoms with Crippen LogP contribution in [0.3, 0.4) is 0 Å². The second kappa shape index (κ2) is 9.21. The number of nitrogens with zero attached hydrogens (tertiary/aromatic N) is 1. The fourth-order valence-corrected chi connectivity index (χ4v) is 4.57. The molecule has 8 heteroatoms. The van der Waals surface area contributed by atoms with Crippen molar-refractivity contribution < 1.29 is 17.9 Å². The summed E-state index contributed by atoms with van der Waals surface area (Å²) in [6.45, 7) is 4.19. The van der Waals surface area contributed by atoms with E-state index in [1.807, 2.05) is 0 Å². The van der Waals surface area contributed by atoms with Gasteiger partial charge in [-0.15, -0.1) is 0 Å². The highest BCUT2D eigenvalue weighted by atomic mass is 35.5. The van der Waals surface area contributed by atoms with Gasteiger partial charge in [-0.3, -0.25) is 4.79 Å². The average Bonchev–Trinajstić information content (AvgIpc) is 2.64.